The van der Waals surface area contributed by atoms with Gasteiger partial charge in [-0.1, -0.05) is 5.16 Å². The molecule has 0 radical (unpaired) electrons. The summed E-state index contributed by atoms with van der Waals surface area (Å²) in [5.41, 5.74) is 0.736. The van der Waals surface area contributed by atoms with Crippen LogP contribution in [0.25, 0.3) is 11.4 Å². The molecule has 3 heterocycles. The van der Waals surface area contributed by atoms with Gasteiger partial charge in [0.1, 0.15) is 6.54 Å². The Hall–Kier alpha value is -3.51. The maximum Gasteiger partial charge on any atom is 0.321 e. The van der Waals surface area contributed by atoms with E-state index in [0.29, 0.717) is 55.7 Å². The topological polar surface area (TPSA) is 143 Å². The van der Waals surface area contributed by atoms with E-state index in [9.17, 15) is 13.2 Å². The summed E-state index contributed by atoms with van der Waals surface area (Å²) >= 11 is 0. The van der Waals surface area contributed by atoms with Crippen molar-refractivity contribution < 1.29 is 31.9 Å². The number of rotatable bonds is 9. The van der Waals surface area contributed by atoms with Crippen molar-refractivity contribution in [3.05, 3.63) is 48.6 Å². The first-order valence-electron chi connectivity index (χ1n) is 10.3. The van der Waals surface area contributed by atoms with Crippen LogP contribution >= 0.6 is 0 Å². The minimum Gasteiger partial charge on any atom is -0.490 e. The monoisotopic (exact) mass is 474 g/mol. The summed E-state index contributed by atoms with van der Waals surface area (Å²) in [6, 6.07) is 7.89. The van der Waals surface area contributed by atoms with Gasteiger partial charge < -0.3 is 18.7 Å². The molecule has 1 aromatic carbocycles. The quantitative estimate of drug-likeness (QED) is 0.360. The van der Waals surface area contributed by atoms with Crippen LogP contribution < -0.4 is 14.2 Å². The lowest BCUT2D eigenvalue weighted by Crippen LogP contribution is -2.31. The van der Waals surface area contributed by atoms with Crippen LogP contribution in [0.3, 0.4) is 0 Å². The average Bonchev–Trinajstić information content (AvgIpc) is 3.18. The Labute approximate surface area is 190 Å². The Kier molecular flexibility index (Phi) is 7.15. The molecule has 1 N–H and O–H groups in total. The third kappa shape index (κ3) is 6.05. The number of benzene rings is 1. The molecule has 0 amide bonds. The van der Waals surface area contributed by atoms with E-state index in [0.717, 1.165) is 5.56 Å². The summed E-state index contributed by atoms with van der Waals surface area (Å²) in [6.45, 7) is 0.518. The van der Waals surface area contributed by atoms with Crippen LogP contribution in [0.1, 0.15) is 18.7 Å². The van der Waals surface area contributed by atoms with E-state index in [1.54, 1.807) is 18.5 Å². The fourth-order valence-corrected chi connectivity index (χ4v) is 3.96. The van der Waals surface area contributed by atoms with E-state index in [2.05, 4.69) is 19.8 Å². The molecule has 0 fully saturated rings. The second-order valence-electron chi connectivity index (χ2n) is 7.06. The number of esters is 1. The molecule has 0 saturated heterocycles. The van der Waals surface area contributed by atoms with E-state index in [1.807, 2.05) is 6.07 Å². The molecule has 1 aliphatic rings. The maximum absolute atomic E-state index is 12.5. The summed E-state index contributed by atoms with van der Waals surface area (Å²) in [6.07, 6.45) is 4.83. The van der Waals surface area contributed by atoms with Crippen molar-refractivity contribution in [1.29, 1.82) is 0 Å². The van der Waals surface area contributed by atoms with E-state index in [1.165, 1.54) is 18.2 Å². The van der Waals surface area contributed by atoms with Gasteiger partial charge in [0.25, 0.3) is 0 Å². The highest BCUT2D eigenvalue weighted by Crippen LogP contribution is 2.31. The van der Waals surface area contributed by atoms with Crippen molar-refractivity contribution in [3.8, 4) is 22.9 Å². The molecule has 33 heavy (non-hydrogen) atoms. The largest absolute Gasteiger partial charge is 0.490 e. The van der Waals surface area contributed by atoms with Crippen molar-refractivity contribution in [2.75, 3.05) is 26.4 Å². The molecule has 0 spiro atoms. The molecule has 1 aliphatic heterocycles. The minimum atomic E-state index is -3.92. The standard InChI is InChI=1S/C21H22N4O7S/c26-20(31-9-2-5-19-24-21(25-32-19)15-4-1-8-22-13-15)14-23-33(27,28)16-6-7-17-18(12-16)30-11-3-10-29-17/h1,4,6-8,12-13,23H,2-3,5,9-11,14H2. The van der Waals surface area contributed by atoms with Crippen LogP contribution in [0.4, 0.5) is 0 Å². The first-order chi connectivity index (χ1) is 16.0. The van der Waals surface area contributed by atoms with Crippen LogP contribution in [-0.4, -0.2) is 55.9 Å². The smallest absolute Gasteiger partial charge is 0.321 e. The fourth-order valence-electron chi connectivity index (χ4n) is 2.98. The number of carbonyl (C=O) groups excluding carboxylic acids is 1. The zero-order valence-electron chi connectivity index (χ0n) is 17.6. The Balaban J connectivity index is 1.21. The SMILES string of the molecule is O=C(CNS(=O)(=O)c1ccc2c(c1)OCCCO2)OCCCc1nc(-c2cccnc2)no1. The fraction of sp³-hybridized carbons (Fsp3) is 0.333. The van der Waals surface area contributed by atoms with Crippen molar-refractivity contribution in [2.45, 2.75) is 24.2 Å². The van der Waals surface area contributed by atoms with E-state index in [4.69, 9.17) is 18.7 Å². The number of nitrogens with zero attached hydrogens (tertiary/aromatic N) is 3. The number of carbonyl (C=O) groups is 1. The predicted octanol–water partition coefficient (Wildman–Crippen LogP) is 1.75. The molecule has 0 bridgehead atoms. The van der Waals surface area contributed by atoms with E-state index in [-0.39, 0.29) is 11.5 Å². The average molecular weight is 474 g/mol. The first-order valence-corrected chi connectivity index (χ1v) is 11.8. The zero-order valence-corrected chi connectivity index (χ0v) is 18.4. The number of ether oxygens (including phenoxy) is 3. The molecule has 0 atom stereocenters. The number of aryl methyl sites for hydroxylation is 1. The summed E-state index contributed by atoms with van der Waals surface area (Å²) in [5, 5.41) is 3.89. The third-order valence-corrected chi connectivity index (χ3v) is 6.02. The molecule has 4 rings (SSSR count). The summed E-state index contributed by atoms with van der Waals surface area (Å²) in [7, 11) is -3.92. The number of pyridine rings is 1. The lowest BCUT2D eigenvalue weighted by atomic mass is 10.3. The second kappa shape index (κ2) is 10.4. The molecular formula is C21H22N4O7S. The maximum atomic E-state index is 12.5. The normalized spacial score (nSPS) is 13.3. The lowest BCUT2D eigenvalue weighted by Gasteiger charge is -2.10. The Morgan fingerprint density at radius 3 is 2.82 bits per heavy atom. The van der Waals surface area contributed by atoms with Crippen molar-refractivity contribution >= 4 is 16.0 Å². The molecule has 2 aromatic heterocycles. The van der Waals surface area contributed by atoms with Gasteiger partial charge in [0.2, 0.25) is 21.7 Å². The molecule has 0 unspecified atom stereocenters. The molecule has 0 aliphatic carbocycles. The van der Waals surface area contributed by atoms with E-state index >= 15 is 0 Å². The van der Waals surface area contributed by atoms with Gasteiger partial charge in [0.15, 0.2) is 11.5 Å². The molecule has 12 heteroatoms. The number of sulfonamides is 1. The summed E-state index contributed by atoms with van der Waals surface area (Å²) < 4.78 is 48.5. The van der Waals surface area contributed by atoms with Crippen LogP contribution in [0, 0.1) is 0 Å². The van der Waals surface area contributed by atoms with Crippen LogP contribution in [0.2, 0.25) is 0 Å². The number of hydrogen-bond donors (Lipinski definition) is 1. The number of aromatic nitrogens is 3. The van der Waals surface area contributed by atoms with Crippen LogP contribution in [-0.2, 0) is 26.0 Å². The zero-order chi connectivity index (χ0) is 23.1. The second-order valence-corrected chi connectivity index (χ2v) is 8.83. The third-order valence-electron chi connectivity index (χ3n) is 4.62. The van der Waals surface area contributed by atoms with Gasteiger partial charge in [-0.15, -0.1) is 0 Å². The van der Waals surface area contributed by atoms with Crippen molar-refractivity contribution in [2.24, 2.45) is 0 Å². The molecular weight excluding hydrogens is 452 g/mol. The molecule has 0 saturated carbocycles. The molecule has 11 nitrogen and oxygen atoms in total. The summed E-state index contributed by atoms with van der Waals surface area (Å²) in [4.78, 5) is 20.2. The van der Waals surface area contributed by atoms with Gasteiger partial charge in [0, 0.05) is 36.9 Å². The number of fused-ring (bicyclic) bond motifs is 1. The Bertz CT molecular complexity index is 1200. The molecule has 3 aromatic rings. The van der Waals surface area contributed by atoms with Gasteiger partial charge in [-0.05, 0) is 30.7 Å². The highest BCUT2D eigenvalue weighted by atomic mass is 32.2. The van der Waals surface area contributed by atoms with Crippen molar-refractivity contribution in [1.82, 2.24) is 19.8 Å². The Morgan fingerprint density at radius 1 is 1.15 bits per heavy atom. The van der Waals surface area contributed by atoms with Gasteiger partial charge >= 0.3 is 5.97 Å². The number of hydrogen-bond acceptors (Lipinski definition) is 10. The summed E-state index contributed by atoms with van der Waals surface area (Å²) in [5.74, 6) is 0.971. The van der Waals surface area contributed by atoms with Crippen LogP contribution in [0.5, 0.6) is 11.5 Å². The van der Waals surface area contributed by atoms with Crippen LogP contribution in [0.15, 0.2) is 52.1 Å². The predicted molar refractivity (Wildman–Crippen MR) is 114 cm³/mol. The number of nitrogens with one attached hydrogen (secondary N) is 1. The van der Waals surface area contributed by atoms with Gasteiger partial charge in [-0.25, -0.2) is 8.42 Å². The van der Waals surface area contributed by atoms with Gasteiger partial charge in [-0.3, -0.25) is 9.78 Å². The van der Waals surface area contributed by atoms with E-state index < -0.39 is 22.5 Å². The lowest BCUT2D eigenvalue weighted by molar-refractivity contribution is -0.142. The first kappa shape index (κ1) is 22.7. The highest BCUT2D eigenvalue weighted by Gasteiger charge is 2.20. The van der Waals surface area contributed by atoms with Gasteiger partial charge in [0.05, 0.1) is 24.7 Å². The highest BCUT2D eigenvalue weighted by molar-refractivity contribution is 7.89. The minimum absolute atomic E-state index is 0.0274. The molecule has 174 valence electrons. The van der Waals surface area contributed by atoms with Gasteiger partial charge in [-0.2, -0.15) is 9.71 Å². The van der Waals surface area contributed by atoms with Crippen molar-refractivity contribution in [3.63, 3.8) is 0 Å². The Morgan fingerprint density at radius 2 is 2.00 bits per heavy atom.